The van der Waals surface area contributed by atoms with Gasteiger partial charge >= 0.3 is 0 Å². The average molecular weight is 431 g/mol. The van der Waals surface area contributed by atoms with Crippen LogP contribution in [-0.4, -0.2) is 23.4 Å². The van der Waals surface area contributed by atoms with Crippen molar-refractivity contribution in [3.63, 3.8) is 0 Å². The number of amides is 2. The van der Waals surface area contributed by atoms with Crippen molar-refractivity contribution < 1.29 is 18.7 Å². The van der Waals surface area contributed by atoms with Gasteiger partial charge in [-0.15, -0.1) is 11.3 Å². The summed E-state index contributed by atoms with van der Waals surface area (Å²) >= 11 is 1.17. The lowest BCUT2D eigenvalue weighted by Gasteiger charge is -2.07. The minimum atomic E-state index is -0.368. The molecule has 0 fully saturated rings. The number of thiophene rings is 1. The van der Waals surface area contributed by atoms with Gasteiger partial charge in [0.05, 0.1) is 28.4 Å². The number of carbonyl (C=O) groups excluding carboxylic acids is 2. The number of ether oxygens (including phenoxy) is 1. The molecule has 154 valence electrons. The van der Waals surface area contributed by atoms with Gasteiger partial charge in [-0.05, 0) is 60.2 Å². The number of hydrogen-bond donors (Lipinski definition) is 2. The van der Waals surface area contributed by atoms with E-state index in [1.807, 2.05) is 24.3 Å². The highest BCUT2D eigenvalue weighted by Gasteiger charge is 2.15. The lowest BCUT2D eigenvalue weighted by molar-refractivity contribution is 0.0995. The van der Waals surface area contributed by atoms with E-state index >= 15 is 0 Å². The minimum Gasteiger partial charge on any atom is -0.493 e. The second kappa shape index (κ2) is 8.08. The Morgan fingerprint density at radius 2 is 1.90 bits per heavy atom. The molecule has 2 N–H and O–H groups in total. The SMILES string of the molecule is O=C(Nc1ccc(C(=O)Nc2cccc(-c3ccc4c(c3)CCO4)n2)s1)c1ccco1. The van der Waals surface area contributed by atoms with Gasteiger partial charge in [-0.25, -0.2) is 4.98 Å². The summed E-state index contributed by atoms with van der Waals surface area (Å²) in [7, 11) is 0. The van der Waals surface area contributed by atoms with Crippen LogP contribution in [-0.2, 0) is 6.42 Å². The Hall–Kier alpha value is -3.91. The fourth-order valence-corrected chi connectivity index (χ4v) is 4.09. The molecule has 4 heterocycles. The molecule has 4 aromatic rings. The van der Waals surface area contributed by atoms with Gasteiger partial charge in [0.15, 0.2) is 5.76 Å². The number of furan rings is 1. The van der Waals surface area contributed by atoms with Crippen molar-refractivity contribution in [2.45, 2.75) is 6.42 Å². The molecule has 0 aliphatic carbocycles. The third-order valence-corrected chi connectivity index (χ3v) is 5.79. The Bertz CT molecular complexity index is 1260. The summed E-state index contributed by atoms with van der Waals surface area (Å²) in [6.07, 6.45) is 2.32. The zero-order valence-corrected chi connectivity index (χ0v) is 17.1. The largest absolute Gasteiger partial charge is 0.493 e. The van der Waals surface area contributed by atoms with Crippen LogP contribution in [0.5, 0.6) is 5.75 Å². The molecule has 0 saturated carbocycles. The van der Waals surface area contributed by atoms with Gasteiger partial charge in [-0.1, -0.05) is 6.07 Å². The molecular weight excluding hydrogens is 414 g/mol. The van der Waals surface area contributed by atoms with Crippen molar-refractivity contribution in [2.24, 2.45) is 0 Å². The van der Waals surface area contributed by atoms with Gasteiger partial charge in [0.1, 0.15) is 11.6 Å². The van der Waals surface area contributed by atoms with Crippen molar-refractivity contribution >= 4 is 34.0 Å². The lowest BCUT2D eigenvalue weighted by Crippen LogP contribution is -2.11. The first kappa shape index (κ1) is 19.1. The molecule has 0 atom stereocenters. The van der Waals surface area contributed by atoms with E-state index in [0.29, 0.717) is 22.3 Å². The van der Waals surface area contributed by atoms with Gasteiger partial charge < -0.3 is 19.8 Å². The topological polar surface area (TPSA) is 93.5 Å². The van der Waals surface area contributed by atoms with E-state index in [2.05, 4.69) is 21.7 Å². The average Bonchev–Trinajstić information content (AvgIpc) is 3.54. The van der Waals surface area contributed by atoms with Gasteiger partial charge in [-0.2, -0.15) is 0 Å². The number of rotatable bonds is 5. The summed E-state index contributed by atoms with van der Waals surface area (Å²) in [4.78, 5) is 29.8. The molecule has 0 radical (unpaired) electrons. The van der Waals surface area contributed by atoms with Gasteiger partial charge in [0.2, 0.25) is 0 Å². The zero-order chi connectivity index (χ0) is 21.2. The van der Waals surface area contributed by atoms with E-state index in [1.165, 1.54) is 17.6 Å². The van der Waals surface area contributed by atoms with Crippen LogP contribution in [0.25, 0.3) is 11.3 Å². The number of carbonyl (C=O) groups is 2. The van der Waals surface area contributed by atoms with Crippen LogP contribution in [0.2, 0.25) is 0 Å². The molecule has 0 saturated heterocycles. The monoisotopic (exact) mass is 431 g/mol. The standard InChI is InChI=1S/C23H17N3O4S/c27-22(18-4-2-11-29-18)26-21-9-8-19(31-21)23(28)25-20-5-1-3-16(24-20)14-6-7-17-15(13-14)10-12-30-17/h1-9,11,13H,10,12H2,(H,26,27)(H,24,25,28). The van der Waals surface area contributed by atoms with Crippen LogP contribution in [0.15, 0.2) is 71.3 Å². The second-order valence-electron chi connectivity index (χ2n) is 6.88. The summed E-state index contributed by atoms with van der Waals surface area (Å²) < 4.78 is 10.6. The Morgan fingerprint density at radius 1 is 0.968 bits per heavy atom. The summed E-state index contributed by atoms with van der Waals surface area (Å²) in [6, 6.07) is 18.0. The molecule has 2 amide bonds. The smallest absolute Gasteiger partial charge is 0.291 e. The predicted octanol–water partition coefficient (Wildman–Crippen LogP) is 4.84. The number of hydrogen-bond acceptors (Lipinski definition) is 6. The molecule has 31 heavy (non-hydrogen) atoms. The fraction of sp³-hybridized carbons (Fsp3) is 0.0870. The van der Waals surface area contributed by atoms with Crippen LogP contribution in [0.4, 0.5) is 10.8 Å². The summed E-state index contributed by atoms with van der Waals surface area (Å²) in [5.41, 5.74) is 2.90. The first-order chi connectivity index (χ1) is 15.2. The maximum Gasteiger partial charge on any atom is 0.291 e. The van der Waals surface area contributed by atoms with Crippen LogP contribution in [0.3, 0.4) is 0 Å². The Morgan fingerprint density at radius 3 is 2.77 bits per heavy atom. The molecule has 1 aliphatic heterocycles. The highest BCUT2D eigenvalue weighted by molar-refractivity contribution is 7.18. The van der Waals surface area contributed by atoms with Crippen molar-refractivity contribution in [1.29, 1.82) is 0 Å². The van der Waals surface area contributed by atoms with Crippen LogP contribution < -0.4 is 15.4 Å². The Balaban J connectivity index is 1.28. The van der Waals surface area contributed by atoms with Gasteiger partial charge in [-0.3, -0.25) is 9.59 Å². The van der Waals surface area contributed by atoms with Crippen molar-refractivity contribution in [3.05, 3.63) is 83.1 Å². The quantitative estimate of drug-likeness (QED) is 0.472. The van der Waals surface area contributed by atoms with Crippen LogP contribution in [0, 0.1) is 0 Å². The van der Waals surface area contributed by atoms with Crippen LogP contribution in [0.1, 0.15) is 25.8 Å². The third-order valence-electron chi connectivity index (χ3n) is 4.79. The van der Waals surface area contributed by atoms with Gasteiger partial charge in [0.25, 0.3) is 11.8 Å². The van der Waals surface area contributed by atoms with E-state index < -0.39 is 0 Å². The fourth-order valence-electron chi connectivity index (χ4n) is 3.30. The molecule has 1 aliphatic rings. The molecule has 0 bridgehead atoms. The molecule has 8 heteroatoms. The van der Waals surface area contributed by atoms with Crippen molar-refractivity contribution in [2.75, 3.05) is 17.2 Å². The molecular formula is C23H17N3O4S. The summed E-state index contributed by atoms with van der Waals surface area (Å²) in [6.45, 7) is 0.701. The van der Waals surface area contributed by atoms with E-state index in [-0.39, 0.29) is 17.6 Å². The minimum absolute atomic E-state index is 0.207. The predicted molar refractivity (Wildman–Crippen MR) is 118 cm³/mol. The highest BCUT2D eigenvalue weighted by atomic mass is 32.1. The number of nitrogens with one attached hydrogen (secondary N) is 2. The van der Waals surface area contributed by atoms with Crippen LogP contribution >= 0.6 is 11.3 Å². The maximum absolute atomic E-state index is 12.7. The number of pyridine rings is 1. The van der Waals surface area contributed by atoms with E-state index in [4.69, 9.17) is 9.15 Å². The third kappa shape index (κ3) is 4.06. The summed E-state index contributed by atoms with van der Waals surface area (Å²) in [5, 5.41) is 6.08. The molecule has 0 unspecified atom stereocenters. The van der Waals surface area contributed by atoms with E-state index in [0.717, 1.165) is 29.0 Å². The number of anilines is 2. The Kier molecular flexibility index (Phi) is 4.97. The molecule has 5 rings (SSSR count). The van der Waals surface area contributed by atoms with E-state index in [1.54, 1.807) is 30.3 Å². The second-order valence-corrected chi connectivity index (χ2v) is 7.96. The first-order valence-corrected chi connectivity index (χ1v) is 10.5. The number of nitrogens with zero attached hydrogens (tertiary/aromatic N) is 1. The van der Waals surface area contributed by atoms with Gasteiger partial charge in [0, 0.05) is 12.0 Å². The Labute approximate surface area is 181 Å². The lowest BCUT2D eigenvalue weighted by atomic mass is 10.1. The van der Waals surface area contributed by atoms with Crippen molar-refractivity contribution in [3.8, 4) is 17.0 Å². The number of aromatic nitrogens is 1. The zero-order valence-electron chi connectivity index (χ0n) is 16.3. The first-order valence-electron chi connectivity index (χ1n) is 9.65. The van der Waals surface area contributed by atoms with Crippen molar-refractivity contribution in [1.82, 2.24) is 4.98 Å². The number of benzene rings is 1. The molecule has 1 aromatic carbocycles. The molecule has 0 spiro atoms. The maximum atomic E-state index is 12.7. The normalized spacial score (nSPS) is 12.1. The molecule has 3 aromatic heterocycles. The van der Waals surface area contributed by atoms with E-state index in [9.17, 15) is 9.59 Å². The highest BCUT2D eigenvalue weighted by Crippen LogP contribution is 2.30. The number of fused-ring (bicyclic) bond motifs is 1. The molecule has 7 nitrogen and oxygen atoms in total. The summed E-state index contributed by atoms with van der Waals surface area (Å²) in [5.74, 6) is 0.914.